The van der Waals surface area contributed by atoms with E-state index in [9.17, 15) is 9.59 Å². The van der Waals surface area contributed by atoms with E-state index in [0.717, 1.165) is 36.1 Å². The third kappa shape index (κ3) is 5.24. The van der Waals surface area contributed by atoms with E-state index in [1.807, 2.05) is 26.1 Å². The third-order valence-corrected chi connectivity index (χ3v) is 8.06. The first kappa shape index (κ1) is 24.6. The normalized spacial score (nSPS) is 13.8. The van der Waals surface area contributed by atoms with Gasteiger partial charge in [0.05, 0.1) is 23.4 Å². The number of carbonyl (C=O) groups excluding carboxylic acids is 2. The summed E-state index contributed by atoms with van der Waals surface area (Å²) in [6, 6.07) is 7.23. The van der Waals surface area contributed by atoms with Gasteiger partial charge in [-0.1, -0.05) is 35.5 Å². The van der Waals surface area contributed by atoms with Crippen LogP contribution in [0.2, 0.25) is 5.02 Å². The highest BCUT2D eigenvalue weighted by atomic mass is 35.5. The smallest absolute Gasteiger partial charge is 0.341 e. The second-order valence-electron chi connectivity index (χ2n) is 7.83. The molecule has 0 aliphatic heterocycles. The molecular weight excluding hydrogens is 496 g/mol. The Labute approximate surface area is 211 Å². The summed E-state index contributed by atoms with van der Waals surface area (Å²) in [7, 11) is 3.18. The molecule has 2 heterocycles. The molecule has 0 radical (unpaired) electrons. The molecule has 1 aromatic carbocycles. The molecule has 0 saturated heterocycles. The molecular formula is C23H25ClN4O4S2. The van der Waals surface area contributed by atoms with Crippen molar-refractivity contribution in [1.29, 1.82) is 0 Å². The van der Waals surface area contributed by atoms with Crippen LogP contribution in [0.5, 0.6) is 5.75 Å². The molecule has 1 amide bonds. The van der Waals surface area contributed by atoms with Gasteiger partial charge < -0.3 is 19.4 Å². The van der Waals surface area contributed by atoms with E-state index in [2.05, 4.69) is 15.5 Å². The highest BCUT2D eigenvalue weighted by molar-refractivity contribution is 7.99. The lowest BCUT2D eigenvalue weighted by Crippen LogP contribution is -2.17. The third-order valence-electron chi connectivity index (χ3n) is 5.52. The number of hydrogen-bond acceptors (Lipinski definition) is 8. The minimum Gasteiger partial charge on any atom is -0.481 e. The summed E-state index contributed by atoms with van der Waals surface area (Å²) in [6.07, 6.45) is 3.48. The summed E-state index contributed by atoms with van der Waals surface area (Å²) in [5, 5.41) is 13.0. The molecule has 2 aromatic heterocycles. The standard InChI is InChI=1S/C23H25ClN4O4S2/c1-13(32-16-10-6-5-9-15(16)24)20-26-27-23(28(20)2)33-12-18(29)25-21-19(22(30)31-3)14-8-4-7-11-17(14)34-21/h5-6,9-10,13H,4,7-8,11-12H2,1-3H3,(H,25,29). The number of anilines is 1. The number of thiophene rings is 1. The number of aromatic nitrogens is 3. The van der Waals surface area contributed by atoms with Crippen molar-refractivity contribution in [2.24, 2.45) is 7.05 Å². The number of rotatable bonds is 8. The van der Waals surface area contributed by atoms with Crippen LogP contribution >= 0.6 is 34.7 Å². The van der Waals surface area contributed by atoms with Gasteiger partial charge >= 0.3 is 5.97 Å². The Balaban J connectivity index is 1.41. The summed E-state index contributed by atoms with van der Waals surface area (Å²) in [6.45, 7) is 1.86. The topological polar surface area (TPSA) is 95.3 Å². The van der Waals surface area contributed by atoms with E-state index in [1.54, 1.807) is 16.7 Å². The Morgan fingerprint density at radius 1 is 1.26 bits per heavy atom. The Kier molecular flexibility index (Phi) is 7.80. The number of halogens is 1. The van der Waals surface area contributed by atoms with E-state index >= 15 is 0 Å². The van der Waals surface area contributed by atoms with Gasteiger partial charge in [-0.25, -0.2) is 4.79 Å². The minimum absolute atomic E-state index is 0.120. The SMILES string of the molecule is COC(=O)c1c(NC(=O)CSc2nnc(C(C)Oc3ccccc3Cl)n2C)sc2c1CCCC2. The maximum atomic E-state index is 12.7. The van der Waals surface area contributed by atoms with Crippen LogP contribution in [0.4, 0.5) is 5.00 Å². The lowest BCUT2D eigenvalue weighted by molar-refractivity contribution is -0.113. The maximum Gasteiger partial charge on any atom is 0.341 e. The van der Waals surface area contributed by atoms with Crippen molar-refractivity contribution in [3.8, 4) is 5.75 Å². The Hall–Kier alpha value is -2.56. The predicted molar refractivity (Wildman–Crippen MR) is 133 cm³/mol. The van der Waals surface area contributed by atoms with Crippen LogP contribution in [0, 0.1) is 0 Å². The Bertz CT molecular complexity index is 1210. The largest absolute Gasteiger partial charge is 0.481 e. The van der Waals surface area contributed by atoms with E-state index in [1.165, 1.54) is 30.2 Å². The predicted octanol–water partition coefficient (Wildman–Crippen LogP) is 5.07. The highest BCUT2D eigenvalue weighted by Crippen LogP contribution is 2.38. The van der Waals surface area contributed by atoms with Crippen LogP contribution in [-0.2, 0) is 29.4 Å². The van der Waals surface area contributed by atoms with Crippen LogP contribution in [0.3, 0.4) is 0 Å². The lowest BCUT2D eigenvalue weighted by Gasteiger charge is -2.15. The van der Waals surface area contributed by atoms with Gasteiger partial charge in [0, 0.05) is 11.9 Å². The van der Waals surface area contributed by atoms with Crippen LogP contribution in [0.15, 0.2) is 29.4 Å². The molecule has 1 unspecified atom stereocenters. The van der Waals surface area contributed by atoms with Gasteiger partial charge in [0.2, 0.25) is 5.91 Å². The maximum absolute atomic E-state index is 12.7. The van der Waals surface area contributed by atoms with Gasteiger partial charge in [-0.3, -0.25) is 4.79 Å². The number of esters is 1. The number of thioether (sulfide) groups is 1. The van der Waals surface area contributed by atoms with E-state index < -0.39 is 5.97 Å². The van der Waals surface area contributed by atoms with Crippen molar-refractivity contribution in [3.63, 3.8) is 0 Å². The number of hydrogen-bond donors (Lipinski definition) is 1. The number of para-hydroxylation sites is 1. The fourth-order valence-corrected chi connectivity index (χ4v) is 6.05. The minimum atomic E-state index is -0.409. The first-order chi connectivity index (χ1) is 16.4. The average molecular weight is 521 g/mol. The molecule has 4 rings (SSSR count). The molecule has 180 valence electrons. The van der Waals surface area contributed by atoms with Crippen molar-refractivity contribution in [1.82, 2.24) is 14.8 Å². The number of methoxy groups -OCH3 is 1. The molecule has 0 bridgehead atoms. The Morgan fingerprint density at radius 3 is 2.79 bits per heavy atom. The first-order valence-electron chi connectivity index (χ1n) is 10.8. The number of fused-ring (bicyclic) bond motifs is 1. The number of aryl methyl sites for hydroxylation is 1. The van der Waals surface area contributed by atoms with Crippen molar-refractivity contribution in [3.05, 3.63) is 51.1 Å². The number of nitrogens with one attached hydrogen (secondary N) is 1. The van der Waals surface area contributed by atoms with Gasteiger partial charge in [0.25, 0.3) is 0 Å². The zero-order chi connectivity index (χ0) is 24.2. The zero-order valence-electron chi connectivity index (χ0n) is 19.1. The molecule has 34 heavy (non-hydrogen) atoms. The molecule has 0 spiro atoms. The van der Waals surface area contributed by atoms with Crippen molar-refractivity contribution >= 4 is 51.6 Å². The van der Waals surface area contributed by atoms with Crippen LogP contribution in [0.1, 0.15) is 52.5 Å². The number of amides is 1. The van der Waals surface area contributed by atoms with Gasteiger partial charge in [-0.2, -0.15) is 0 Å². The molecule has 1 N–H and O–H groups in total. The summed E-state index contributed by atoms with van der Waals surface area (Å²) in [5.74, 6) is 0.663. The van der Waals surface area contributed by atoms with Gasteiger partial charge in [0.15, 0.2) is 17.1 Å². The van der Waals surface area contributed by atoms with E-state index in [0.29, 0.717) is 32.3 Å². The molecule has 8 nitrogen and oxygen atoms in total. The number of ether oxygens (including phenoxy) is 2. The fraction of sp³-hybridized carbons (Fsp3) is 0.391. The number of carbonyl (C=O) groups is 2. The molecule has 3 aromatic rings. The van der Waals surface area contributed by atoms with Gasteiger partial charge in [0.1, 0.15) is 10.8 Å². The number of benzene rings is 1. The second kappa shape index (κ2) is 10.8. The lowest BCUT2D eigenvalue weighted by atomic mass is 9.95. The van der Waals surface area contributed by atoms with E-state index in [-0.39, 0.29) is 17.8 Å². The summed E-state index contributed by atoms with van der Waals surface area (Å²) in [4.78, 5) is 26.2. The molecule has 0 saturated carbocycles. The van der Waals surface area contributed by atoms with Crippen molar-refractivity contribution in [2.75, 3.05) is 18.2 Å². The van der Waals surface area contributed by atoms with Gasteiger partial charge in [-0.15, -0.1) is 21.5 Å². The molecule has 11 heteroatoms. The second-order valence-corrected chi connectivity index (χ2v) is 10.3. The fourth-order valence-electron chi connectivity index (χ4n) is 3.85. The van der Waals surface area contributed by atoms with Crippen LogP contribution in [-0.4, -0.2) is 39.5 Å². The van der Waals surface area contributed by atoms with Crippen LogP contribution in [0.25, 0.3) is 0 Å². The summed E-state index contributed by atoms with van der Waals surface area (Å²) in [5.41, 5.74) is 1.50. The van der Waals surface area contributed by atoms with Gasteiger partial charge in [-0.05, 0) is 50.3 Å². The van der Waals surface area contributed by atoms with Crippen molar-refractivity contribution < 1.29 is 19.1 Å². The van der Waals surface area contributed by atoms with Crippen LogP contribution < -0.4 is 10.1 Å². The monoisotopic (exact) mass is 520 g/mol. The average Bonchev–Trinajstić information content (AvgIpc) is 3.38. The Morgan fingerprint density at radius 2 is 2.03 bits per heavy atom. The summed E-state index contributed by atoms with van der Waals surface area (Å²) < 4.78 is 12.7. The quantitative estimate of drug-likeness (QED) is 0.327. The highest BCUT2D eigenvalue weighted by Gasteiger charge is 2.27. The molecule has 0 fully saturated rings. The van der Waals surface area contributed by atoms with Crippen molar-refractivity contribution in [2.45, 2.75) is 43.9 Å². The molecule has 1 aliphatic rings. The summed E-state index contributed by atoms with van der Waals surface area (Å²) >= 11 is 8.91. The van der Waals surface area contributed by atoms with E-state index in [4.69, 9.17) is 21.1 Å². The number of nitrogens with zero attached hydrogens (tertiary/aromatic N) is 3. The zero-order valence-corrected chi connectivity index (χ0v) is 21.5. The molecule has 1 atom stereocenters. The molecule has 1 aliphatic carbocycles. The first-order valence-corrected chi connectivity index (χ1v) is 13.0.